The summed E-state index contributed by atoms with van der Waals surface area (Å²) in [6.07, 6.45) is 3.84. The highest BCUT2D eigenvalue weighted by Gasteiger charge is 2.32. The lowest BCUT2D eigenvalue weighted by molar-refractivity contribution is -0.120. The number of fused-ring (bicyclic) bond motifs is 1. The number of ether oxygens (including phenoxy) is 1. The number of aryl methyl sites for hydroxylation is 1. The molecule has 3 rings (SSSR count). The van der Waals surface area contributed by atoms with Gasteiger partial charge in [0, 0.05) is 6.42 Å². The Hall–Kier alpha value is -2.61. The first-order chi connectivity index (χ1) is 15.9. The zero-order chi connectivity index (χ0) is 25.6. The zero-order valence-corrected chi connectivity index (χ0v) is 21.7. The van der Waals surface area contributed by atoms with Crippen molar-refractivity contribution < 1.29 is 23.1 Å². The normalized spacial score (nSPS) is 15.5. The van der Waals surface area contributed by atoms with Crippen LogP contribution in [0.25, 0.3) is 0 Å². The van der Waals surface area contributed by atoms with E-state index in [-0.39, 0.29) is 53.9 Å². The average molecular weight is 493 g/mol. The van der Waals surface area contributed by atoms with Crippen molar-refractivity contribution >= 4 is 35.0 Å². The number of anilines is 2. The van der Waals surface area contributed by atoms with Crippen molar-refractivity contribution in [1.29, 1.82) is 0 Å². The molecule has 0 saturated carbocycles. The highest BCUT2D eigenvalue weighted by Crippen LogP contribution is 2.41. The molecular weight excluding hydrogens is 458 g/mol. The Morgan fingerprint density at radius 3 is 2.35 bits per heavy atom. The second-order valence-corrected chi connectivity index (χ2v) is 10.5. The Morgan fingerprint density at radius 1 is 1.21 bits per heavy atom. The van der Waals surface area contributed by atoms with Crippen LogP contribution in [-0.4, -0.2) is 30.4 Å². The lowest BCUT2D eigenvalue weighted by atomic mass is 9.92. The number of thioether (sulfide) groups is 1. The van der Waals surface area contributed by atoms with Crippen molar-refractivity contribution in [2.24, 2.45) is 5.41 Å². The minimum atomic E-state index is -0.706. The molecule has 1 atom stereocenters. The van der Waals surface area contributed by atoms with Gasteiger partial charge in [0.1, 0.15) is 11.9 Å². The summed E-state index contributed by atoms with van der Waals surface area (Å²) < 4.78 is 34.6. The highest BCUT2D eigenvalue weighted by atomic mass is 32.2. The summed E-state index contributed by atoms with van der Waals surface area (Å²) in [5.41, 5.74) is 1.28. The summed E-state index contributed by atoms with van der Waals surface area (Å²) in [5, 5.41) is 2.66. The van der Waals surface area contributed by atoms with Crippen molar-refractivity contribution in [3.05, 3.63) is 53.1 Å². The Morgan fingerprint density at radius 2 is 1.79 bits per heavy atom. The number of carbonyl (C=O) groups excluding carboxylic acids is 2. The largest absolute Gasteiger partial charge is 0.485 e. The summed E-state index contributed by atoms with van der Waals surface area (Å²) in [6.45, 7) is 9.30. The van der Waals surface area contributed by atoms with E-state index in [1.807, 2.05) is 33.3 Å². The molecule has 0 saturated heterocycles. The van der Waals surface area contributed by atoms with E-state index in [0.717, 1.165) is 0 Å². The van der Waals surface area contributed by atoms with Crippen molar-refractivity contribution in [3.63, 3.8) is 0 Å². The van der Waals surface area contributed by atoms with Gasteiger partial charge in [-0.3, -0.25) is 9.59 Å². The van der Waals surface area contributed by atoms with E-state index < -0.39 is 11.9 Å². The van der Waals surface area contributed by atoms with E-state index in [1.54, 1.807) is 43.8 Å². The van der Waals surface area contributed by atoms with Crippen molar-refractivity contribution in [1.82, 2.24) is 0 Å². The fourth-order valence-electron chi connectivity index (χ4n) is 3.55. The number of rotatable bonds is 4. The van der Waals surface area contributed by atoms with Crippen LogP contribution in [-0.2, 0) is 16.1 Å². The van der Waals surface area contributed by atoms with Crippen molar-refractivity contribution in [2.75, 3.05) is 22.7 Å². The van der Waals surface area contributed by atoms with Crippen LogP contribution in [0.15, 0.2) is 30.3 Å². The number of halogens is 2. The van der Waals surface area contributed by atoms with E-state index in [2.05, 4.69) is 5.32 Å². The third-order valence-electron chi connectivity index (χ3n) is 4.98. The summed E-state index contributed by atoms with van der Waals surface area (Å²) in [6, 6.07) is 7.45. The third-order valence-corrected chi connectivity index (χ3v) is 4.98. The van der Waals surface area contributed by atoms with Crippen LogP contribution >= 0.6 is 11.8 Å². The Kier molecular flexibility index (Phi) is 9.50. The van der Waals surface area contributed by atoms with Crippen LogP contribution in [0, 0.1) is 24.0 Å². The summed E-state index contributed by atoms with van der Waals surface area (Å²) in [4.78, 5) is 26.7. The molecule has 0 bridgehead atoms. The smallest absolute Gasteiger partial charge is 0.231 e. The molecule has 0 aromatic heterocycles. The fraction of sp³-hybridized carbons (Fsp3) is 0.462. The van der Waals surface area contributed by atoms with Crippen LogP contribution < -0.4 is 15.0 Å². The van der Waals surface area contributed by atoms with Gasteiger partial charge in [0.2, 0.25) is 11.8 Å². The minimum absolute atomic E-state index is 0.0521. The predicted molar refractivity (Wildman–Crippen MR) is 136 cm³/mol. The minimum Gasteiger partial charge on any atom is -0.485 e. The summed E-state index contributed by atoms with van der Waals surface area (Å²) in [5.74, 6) is -1.67. The van der Waals surface area contributed by atoms with Crippen LogP contribution in [0.3, 0.4) is 0 Å². The van der Waals surface area contributed by atoms with E-state index >= 15 is 4.39 Å². The molecule has 5 nitrogen and oxygen atoms in total. The lowest BCUT2D eigenvalue weighted by Gasteiger charge is -2.24. The SMILES string of the molecule is CSC.Cc1cc2c(c(F)c1NC(=O)CC(C)(C)C)OC(C)CC(=O)N2Cc1ccc(F)cc1. The van der Waals surface area contributed by atoms with E-state index in [4.69, 9.17) is 4.74 Å². The van der Waals surface area contributed by atoms with Gasteiger partial charge < -0.3 is 15.0 Å². The molecule has 2 aromatic carbocycles. The monoisotopic (exact) mass is 492 g/mol. The molecule has 2 amide bonds. The van der Waals surface area contributed by atoms with Gasteiger partial charge in [-0.25, -0.2) is 8.78 Å². The molecular formula is C26H34F2N2O3S. The number of carbonyl (C=O) groups is 2. The van der Waals surface area contributed by atoms with Gasteiger partial charge in [-0.15, -0.1) is 0 Å². The molecule has 1 N–H and O–H groups in total. The predicted octanol–water partition coefficient (Wildman–Crippen LogP) is 6.33. The van der Waals surface area contributed by atoms with Crippen molar-refractivity contribution in [2.45, 2.75) is 60.1 Å². The molecule has 0 aliphatic carbocycles. The maximum absolute atomic E-state index is 15.5. The quantitative estimate of drug-likeness (QED) is 0.542. The van der Waals surface area contributed by atoms with Gasteiger partial charge >= 0.3 is 0 Å². The topological polar surface area (TPSA) is 58.6 Å². The number of nitrogens with zero attached hydrogens (tertiary/aromatic N) is 1. The zero-order valence-electron chi connectivity index (χ0n) is 20.9. The molecule has 8 heteroatoms. The first-order valence-corrected chi connectivity index (χ1v) is 12.7. The standard InChI is InChI=1S/C24H28F2N2O3.C2H6S/c1-14-10-18-23(21(26)22(14)27-19(29)12-24(3,4)5)31-15(2)11-20(30)28(18)13-16-6-8-17(25)9-7-16;1-3-2/h6-10,15H,11-13H2,1-5H3,(H,27,29);1-2H3. The number of benzene rings is 2. The Balaban J connectivity index is 0.00000129. The number of amides is 2. The molecule has 1 unspecified atom stereocenters. The van der Waals surface area contributed by atoms with E-state index in [1.165, 1.54) is 17.0 Å². The van der Waals surface area contributed by atoms with Gasteiger partial charge in [0.05, 0.1) is 24.3 Å². The molecule has 0 spiro atoms. The maximum atomic E-state index is 15.5. The number of hydrogen-bond acceptors (Lipinski definition) is 4. The van der Waals surface area contributed by atoms with Crippen molar-refractivity contribution in [3.8, 4) is 5.75 Å². The van der Waals surface area contributed by atoms with E-state index in [0.29, 0.717) is 16.8 Å². The number of hydrogen-bond donors (Lipinski definition) is 1. The molecule has 1 aliphatic heterocycles. The van der Waals surface area contributed by atoms with Gasteiger partial charge in [-0.1, -0.05) is 32.9 Å². The number of nitrogens with one attached hydrogen (secondary N) is 1. The van der Waals surface area contributed by atoms with Crippen LogP contribution in [0.4, 0.5) is 20.2 Å². The van der Waals surface area contributed by atoms with Gasteiger partial charge in [-0.2, -0.15) is 11.8 Å². The molecule has 1 aliphatic rings. The average Bonchev–Trinajstić information content (AvgIpc) is 2.82. The van der Waals surface area contributed by atoms with Gasteiger partial charge in [0.25, 0.3) is 0 Å². The molecule has 2 aromatic rings. The first-order valence-electron chi connectivity index (χ1n) is 11.1. The van der Waals surface area contributed by atoms with Gasteiger partial charge in [-0.05, 0) is 61.1 Å². The molecule has 0 radical (unpaired) electrons. The molecule has 0 fully saturated rings. The Labute approximate surface area is 205 Å². The lowest BCUT2D eigenvalue weighted by Crippen LogP contribution is -2.31. The van der Waals surface area contributed by atoms with Crippen LogP contribution in [0.2, 0.25) is 0 Å². The second kappa shape index (κ2) is 11.7. The van der Waals surface area contributed by atoms with Crippen LogP contribution in [0.1, 0.15) is 51.7 Å². The molecule has 34 heavy (non-hydrogen) atoms. The molecule has 186 valence electrons. The third kappa shape index (κ3) is 7.45. The van der Waals surface area contributed by atoms with Crippen LogP contribution in [0.5, 0.6) is 5.75 Å². The highest BCUT2D eigenvalue weighted by molar-refractivity contribution is 7.97. The fourth-order valence-corrected chi connectivity index (χ4v) is 3.55. The first kappa shape index (κ1) is 27.6. The summed E-state index contributed by atoms with van der Waals surface area (Å²) in [7, 11) is 0. The summed E-state index contributed by atoms with van der Waals surface area (Å²) >= 11 is 1.75. The Bertz CT molecular complexity index is 1020. The van der Waals surface area contributed by atoms with Gasteiger partial charge in [0.15, 0.2) is 11.6 Å². The maximum Gasteiger partial charge on any atom is 0.231 e. The second-order valence-electron chi connectivity index (χ2n) is 9.66. The molecule has 1 heterocycles. The van der Waals surface area contributed by atoms with E-state index in [9.17, 15) is 14.0 Å².